The second kappa shape index (κ2) is 7.03. The lowest BCUT2D eigenvalue weighted by molar-refractivity contribution is -0.121. The number of halogens is 1. The average molecular weight is 361 g/mol. The van der Waals surface area contributed by atoms with E-state index in [1.807, 2.05) is 0 Å². The Bertz CT molecular complexity index is 824. The normalized spacial score (nSPS) is 16.9. The van der Waals surface area contributed by atoms with Crippen molar-refractivity contribution in [1.29, 1.82) is 0 Å². The molecule has 3 rings (SSSR count). The number of rotatable bonds is 5. The van der Waals surface area contributed by atoms with Crippen LogP contribution in [0.4, 0.5) is 11.4 Å². The Morgan fingerprint density at radius 2 is 1.88 bits per heavy atom. The topological polar surface area (TPSA) is 67.9 Å². The molecular formula is C18H17ClN2O4. The standard InChI is InChI=1S/C18H17ClN2O4/c1-24-11-7-8-13(16(9-11)25-2)20-14-10-17(22)21(18(14)23)15-6-4-3-5-12(15)19/h3-9,14,20H,10H2,1-2H3/t14-/m0/s1. The highest BCUT2D eigenvalue weighted by Crippen LogP contribution is 2.33. The van der Waals surface area contributed by atoms with Crippen molar-refractivity contribution in [3.63, 3.8) is 0 Å². The van der Waals surface area contributed by atoms with Crippen LogP contribution in [0.15, 0.2) is 42.5 Å². The number of nitrogens with zero attached hydrogens (tertiary/aromatic N) is 1. The Kier molecular flexibility index (Phi) is 4.81. The van der Waals surface area contributed by atoms with E-state index in [0.29, 0.717) is 27.9 Å². The summed E-state index contributed by atoms with van der Waals surface area (Å²) < 4.78 is 10.5. The number of ether oxygens (including phenoxy) is 2. The minimum Gasteiger partial charge on any atom is -0.497 e. The number of benzene rings is 2. The van der Waals surface area contributed by atoms with E-state index < -0.39 is 6.04 Å². The molecule has 0 aliphatic carbocycles. The minimum atomic E-state index is -0.689. The molecule has 1 N–H and O–H groups in total. The van der Waals surface area contributed by atoms with Crippen LogP contribution < -0.4 is 19.7 Å². The predicted molar refractivity (Wildman–Crippen MR) is 95.5 cm³/mol. The molecule has 2 aromatic rings. The summed E-state index contributed by atoms with van der Waals surface area (Å²) in [4.78, 5) is 26.2. The molecular weight excluding hydrogens is 344 g/mol. The molecule has 1 fully saturated rings. The quantitative estimate of drug-likeness (QED) is 0.830. The van der Waals surface area contributed by atoms with Crippen molar-refractivity contribution < 1.29 is 19.1 Å². The van der Waals surface area contributed by atoms with Crippen molar-refractivity contribution in [2.75, 3.05) is 24.4 Å². The van der Waals surface area contributed by atoms with Crippen LogP contribution in [0.1, 0.15) is 6.42 Å². The second-order valence-corrected chi connectivity index (χ2v) is 5.89. The Hall–Kier alpha value is -2.73. The predicted octanol–water partition coefficient (Wildman–Crippen LogP) is 3.10. The highest BCUT2D eigenvalue weighted by Gasteiger charge is 2.40. The maximum absolute atomic E-state index is 12.7. The van der Waals surface area contributed by atoms with Crippen LogP contribution >= 0.6 is 11.6 Å². The van der Waals surface area contributed by atoms with Gasteiger partial charge >= 0.3 is 0 Å². The van der Waals surface area contributed by atoms with Crippen LogP contribution in [-0.4, -0.2) is 32.1 Å². The third kappa shape index (κ3) is 3.25. The van der Waals surface area contributed by atoms with E-state index in [4.69, 9.17) is 21.1 Å². The summed E-state index contributed by atoms with van der Waals surface area (Å²) in [6.45, 7) is 0. The molecule has 1 aliphatic heterocycles. The number of carbonyl (C=O) groups is 2. The first-order valence-electron chi connectivity index (χ1n) is 7.65. The monoisotopic (exact) mass is 360 g/mol. The SMILES string of the molecule is COc1ccc(N[C@H]2CC(=O)N(c3ccccc3Cl)C2=O)c(OC)c1. The average Bonchev–Trinajstić information content (AvgIpc) is 2.89. The molecule has 0 unspecified atom stereocenters. The number of amides is 2. The molecule has 0 saturated carbocycles. The van der Waals surface area contributed by atoms with Gasteiger partial charge in [0, 0.05) is 6.07 Å². The number of imide groups is 1. The minimum absolute atomic E-state index is 0.0409. The summed E-state index contributed by atoms with van der Waals surface area (Å²) in [5.74, 6) is 0.503. The molecule has 0 aromatic heterocycles. The summed E-state index contributed by atoms with van der Waals surface area (Å²) in [6, 6.07) is 11.3. The first-order valence-corrected chi connectivity index (χ1v) is 8.03. The molecule has 1 aliphatic rings. The van der Waals surface area contributed by atoms with Gasteiger partial charge in [0.1, 0.15) is 17.5 Å². The molecule has 130 valence electrons. The molecule has 1 saturated heterocycles. The zero-order chi connectivity index (χ0) is 18.0. The molecule has 0 radical (unpaired) electrons. The van der Waals surface area contributed by atoms with Crippen LogP contribution in [0, 0.1) is 0 Å². The van der Waals surface area contributed by atoms with Crippen LogP contribution in [0.2, 0.25) is 5.02 Å². The summed E-state index contributed by atoms with van der Waals surface area (Å²) in [6.07, 6.45) is 0.0409. The van der Waals surface area contributed by atoms with Gasteiger partial charge in [-0.05, 0) is 24.3 Å². The van der Waals surface area contributed by atoms with Gasteiger partial charge in [0.25, 0.3) is 5.91 Å². The third-order valence-corrected chi connectivity index (χ3v) is 4.30. The Balaban J connectivity index is 1.85. The number of hydrogen-bond donors (Lipinski definition) is 1. The molecule has 0 bridgehead atoms. The van der Waals surface area contributed by atoms with Crippen molar-refractivity contribution in [2.24, 2.45) is 0 Å². The fourth-order valence-corrected chi connectivity index (χ4v) is 2.96. The molecule has 1 heterocycles. The van der Waals surface area contributed by atoms with Crippen LogP contribution in [0.5, 0.6) is 11.5 Å². The van der Waals surface area contributed by atoms with Crippen molar-refractivity contribution in [3.05, 3.63) is 47.5 Å². The van der Waals surface area contributed by atoms with Gasteiger partial charge in [-0.15, -0.1) is 0 Å². The van der Waals surface area contributed by atoms with Gasteiger partial charge in [-0.3, -0.25) is 9.59 Å². The second-order valence-electron chi connectivity index (χ2n) is 5.49. The molecule has 1 atom stereocenters. The zero-order valence-electron chi connectivity index (χ0n) is 13.8. The Labute approximate surface area is 150 Å². The molecule has 0 spiro atoms. The highest BCUT2D eigenvalue weighted by atomic mass is 35.5. The van der Waals surface area contributed by atoms with Crippen LogP contribution in [-0.2, 0) is 9.59 Å². The lowest BCUT2D eigenvalue weighted by Gasteiger charge is -2.18. The van der Waals surface area contributed by atoms with Crippen LogP contribution in [0.3, 0.4) is 0 Å². The molecule has 25 heavy (non-hydrogen) atoms. The fourth-order valence-electron chi connectivity index (χ4n) is 2.74. The van der Waals surface area contributed by atoms with Crippen molar-refractivity contribution in [1.82, 2.24) is 0 Å². The smallest absolute Gasteiger partial charge is 0.256 e. The van der Waals surface area contributed by atoms with E-state index in [0.717, 1.165) is 4.90 Å². The molecule has 2 amide bonds. The summed E-state index contributed by atoms with van der Waals surface area (Å²) in [5.41, 5.74) is 1.00. The highest BCUT2D eigenvalue weighted by molar-refractivity contribution is 6.36. The van der Waals surface area contributed by atoms with Gasteiger partial charge in [-0.25, -0.2) is 4.90 Å². The Morgan fingerprint density at radius 3 is 2.56 bits per heavy atom. The summed E-state index contributed by atoms with van der Waals surface area (Å²) in [7, 11) is 3.08. The largest absolute Gasteiger partial charge is 0.497 e. The number of methoxy groups -OCH3 is 2. The summed E-state index contributed by atoms with van der Waals surface area (Å²) >= 11 is 6.12. The van der Waals surface area contributed by atoms with E-state index in [1.54, 1.807) is 49.6 Å². The van der Waals surface area contributed by atoms with E-state index >= 15 is 0 Å². The first-order chi connectivity index (χ1) is 12.0. The zero-order valence-corrected chi connectivity index (χ0v) is 14.5. The maximum atomic E-state index is 12.7. The van der Waals surface area contributed by atoms with Gasteiger partial charge in [-0.1, -0.05) is 23.7 Å². The van der Waals surface area contributed by atoms with Crippen molar-refractivity contribution in [2.45, 2.75) is 12.5 Å². The molecule has 2 aromatic carbocycles. The van der Waals surface area contributed by atoms with Gasteiger partial charge in [0.2, 0.25) is 5.91 Å². The first kappa shape index (κ1) is 17.1. The number of nitrogens with one attached hydrogen (secondary N) is 1. The maximum Gasteiger partial charge on any atom is 0.256 e. The van der Waals surface area contributed by atoms with E-state index in [1.165, 1.54) is 7.11 Å². The number of carbonyl (C=O) groups excluding carboxylic acids is 2. The number of anilines is 2. The number of para-hydroxylation sites is 1. The van der Waals surface area contributed by atoms with Gasteiger partial charge in [0.15, 0.2) is 0 Å². The summed E-state index contributed by atoms with van der Waals surface area (Å²) in [5, 5.41) is 3.43. The van der Waals surface area contributed by atoms with Crippen molar-refractivity contribution in [3.8, 4) is 11.5 Å². The van der Waals surface area contributed by atoms with Gasteiger partial charge in [0.05, 0.1) is 37.0 Å². The van der Waals surface area contributed by atoms with E-state index in [2.05, 4.69) is 5.32 Å². The lowest BCUT2D eigenvalue weighted by Crippen LogP contribution is -2.35. The van der Waals surface area contributed by atoms with Crippen LogP contribution in [0.25, 0.3) is 0 Å². The fraction of sp³-hybridized carbons (Fsp3) is 0.222. The van der Waals surface area contributed by atoms with Gasteiger partial charge < -0.3 is 14.8 Å². The Morgan fingerprint density at radius 1 is 1.12 bits per heavy atom. The number of hydrogen-bond acceptors (Lipinski definition) is 5. The van der Waals surface area contributed by atoms with E-state index in [-0.39, 0.29) is 18.2 Å². The van der Waals surface area contributed by atoms with Crippen molar-refractivity contribution >= 4 is 34.8 Å². The lowest BCUT2D eigenvalue weighted by atomic mass is 10.2. The third-order valence-electron chi connectivity index (χ3n) is 3.98. The van der Waals surface area contributed by atoms with E-state index in [9.17, 15) is 9.59 Å². The van der Waals surface area contributed by atoms with Gasteiger partial charge in [-0.2, -0.15) is 0 Å². The molecule has 6 nitrogen and oxygen atoms in total. The molecule has 7 heteroatoms.